The Hall–Kier alpha value is -3.10. The first-order valence-corrected chi connectivity index (χ1v) is 7.09. The van der Waals surface area contributed by atoms with Crippen molar-refractivity contribution in [3.05, 3.63) is 41.7 Å². The summed E-state index contributed by atoms with van der Waals surface area (Å²) in [7, 11) is 0. The predicted octanol–water partition coefficient (Wildman–Crippen LogP) is 0.826. The summed E-state index contributed by atoms with van der Waals surface area (Å²) in [5.41, 5.74) is 0.898. The second-order valence-electron chi connectivity index (χ2n) is 5.27. The summed E-state index contributed by atoms with van der Waals surface area (Å²) in [6.07, 6.45) is 0. The maximum absolute atomic E-state index is 12.6. The second kappa shape index (κ2) is 4.97. The van der Waals surface area contributed by atoms with Crippen molar-refractivity contribution in [2.45, 2.75) is 25.9 Å². The van der Waals surface area contributed by atoms with Crippen molar-refractivity contribution in [1.29, 1.82) is 0 Å². The number of carbonyl (C=O) groups is 1. The highest BCUT2D eigenvalue weighted by molar-refractivity contribution is 6.02. The zero-order valence-electron chi connectivity index (χ0n) is 12.5. The van der Waals surface area contributed by atoms with Gasteiger partial charge in [0.25, 0.3) is 5.91 Å². The molecule has 0 unspecified atom stereocenters. The van der Waals surface area contributed by atoms with Crippen LogP contribution in [-0.4, -0.2) is 43.0 Å². The molecule has 9 nitrogen and oxygen atoms in total. The third-order valence-electron chi connectivity index (χ3n) is 3.77. The number of carbonyl (C=O) groups excluding carboxylic acids is 1. The van der Waals surface area contributed by atoms with Crippen molar-refractivity contribution < 1.29 is 9.53 Å². The largest absolute Gasteiger partial charge is 0.408 e. The lowest BCUT2D eigenvalue weighted by Gasteiger charge is -2.33. The first kappa shape index (κ1) is 13.6. The molecular formula is C14H13N7O2. The highest BCUT2D eigenvalue weighted by Gasteiger charge is 2.46. The Balaban J connectivity index is 1.89. The summed E-state index contributed by atoms with van der Waals surface area (Å²) in [6.45, 7) is 3.45. The number of ether oxygens (including phenoxy) is 1. The van der Waals surface area contributed by atoms with Gasteiger partial charge in [-0.25, -0.2) is 9.69 Å². The molecule has 1 aromatic carbocycles. The molecule has 116 valence electrons. The number of fused-ring (bicyclic) bond motifs is 1. The van der Waals surface area contributed by atoms with Crippen molar-refractivity contribution in [1.82, 2.24) is 25.2 Å². The van der Waals surface area contributed by atoms with Crippen molar-refractivity contribution in [3.8, 4) is 0 Å². The van der Waals surface area contributed by atoms with Crippen LogP contribution >= 0.6 is 0 Å². The van der Waals surface area contributed by atoms with E-state index in [0.29, 0.717) is 11.7 Å². The SMILES string of the molecule is CC1=NN2C(=NC(=O)[C@@H](n3nnnc3C)[C@H]2c2ccccc2)O1. The molecule has 0 bridgehead atoms. The fourth-order valence-corrected chi connectivity index (χ4v) is 2.79. The normalized spacial score (nSPS) is 23.2. The molecule has 2 aromatic rings. The monoisotopic (exact) mass is 311 g/mol. The third kappa shape index (κ3) is 2.08. The number of nitrogens with zero attached hydrogens (tertiary/aromatic N) is 7. The van der Waals surface area contributed by atoms with Crippen LogP contribution in [0.1, 0.15) is 30.4 Å². The van der Waals surface area contributed by atoms with E-state index in [9.17, 15) is 4.79 Å². The van der Waals surface area contributed by atoms with E-state index < -0.39 is 12.1 Å². The molecule has 0 aliphatic carbocycles. The predicted molar refractivity (Wildman–Crippen MR) is 79.2 cm³/mol. The zero-order chi connectivity index (χ0) is 16.0. The molecule has 2 aliphatic rings. The molecule has 0 N–H and O–H groups in total. The number of amides is 1. The molecule has 9 heteroatoms. The fraction of sp³-hybridized carbons (Fsp3) is 0.286. The molecular weight excluding hydrogens is 298 g/mol. The Morgan fingerprint density at radius 3 is 2.61 bits per heavy atom. The smallest absolute Gasteiger partial charge is 0.323 e. The van der Waals surface area contributed by atoms with Crippen molar-refractivity contribution in [2.75, 3.05) is 0 Å². The number of amidine groups is 1. The van der Waals surface area contributed by atoms with Gasteiger partial charge in [-0.3, -0.25) is 4.79 Å². The van der Waals surface area contributed by atoms with E-state index in [0.717, 1.165) is 5.56 Å². The number of hydrogen-bond acceptors (Lipinski definition) is 7. The maximum Gasteiger partial charge on any atom is 0.323 e. The van der Waals surface area contributed by atoms with Crippen LogP contribution in [0.4, 0.5) is 0 Å². The first-order chi connectivity index (χ1) is 11.1. The summed E-state index contributed by atoms with van der Waals surface area (Å²) in [5, 5.41) is 17.4. The standard InChI is InChI=1S/C14H13N7O2/c1-8-16-18-19-20(8)12-11(10-6-4-3-5-7-10)21-14(15-13(12)22)23-9(2)17-21/h3-7,11-12H,1-2H3/t11-,12+/m1/s1. The molecule has 0 radical (unpaired) electrons. The van der Waals surface area contributed by atoms with Gasteiger partial charge in [0.2, 0.25) is 5.90 Å². The van der Waals surface area contributed by atoms with Crippen LogP contribution in [0.15, 0.2) is 40.4 Å². The zero-order valence-corrected chi connectivity index (χ0v) is 12.5. The average Bonchev–Trinajstić information content (AvgIpc) is 3.11. The minimum absolute atomic E-state index is 0.184. The van der Waals surface area contributed by atoms with Crippen LogP contribution in [-0.2, 0) is 9.53 Å². The molecule has 0 saturated heterocycles. The number of aromatic nitrogens is 4. The lowest BCUT2D eigenvalue weighted by atomic mass is 9.97. The van der Waals surface area contributed by atoms with Gasteiger partial charge in [-0.1, -0.05) is 30.3 Å². The van der Waals surface area contributed by atoms with Crippen LogP contribution in [0.5, 0.6) is 0 Å². The van der Waals surface area contributed by atoms with E-state index in [2.05, 4.69) is 25.6 Å². The molecule has 23 heavy (non-hydrogen) atoms. The van der Waals surface area contributed by atoms with Crippen molar-refractivity contribution in [3.63, 3.8) is 0 Å². The Kier molecular flexibility index (Phi) is 2.93. The molecule has 0 saturated carbocycles. The molecule has 2 aliphatic heterocycles. The Bertz CT molecular complexity index is 827. The number of hydrogen-bond donors (Lipinski definition) is 0. The van der Waals surface area contributed by atoms with Gasteiger partial charge in [-0.15, -0.1) is 10.2 Å². The Morgan fingerprint density at radius 2 is 1.91 bits per heavy atom. The number of hydrazone groups is 1. The number of aliphatic imine (C=N–C) groups is 1. The van der Waals surface area contributed by atoms with Gasteiger partial charge in [0.1, 0.15) is 11.9 Å². The van der Waals surface area contributed by atoms with Crippen LogP contribution in [0.25, 0.3) is 0 Å². The molecule has 1 amide bonds. The third-order valence-corrected chi connectivity index (χ3v) is 3.77. The minimum Gasteiger partial charge on any atom is -0.408 e. The Morgan fingerprint density at radius 1 is 1.13 bits per heavy atom. The van der Waals surface area contributed by atoms with Crippen LogP contribution in [0.2, 0.25) is 0 Å². The first-order valence-electron chi connectivity index (χ1n) is 7.09. The molecule has 4 rings (SSSR count). The average molecular weight is 311 g/mol. The van der Waals surface area contributed by atoms with Gasteiger partial charge in [0.15, 0.2) is 6.04 Å². The van der Waals surface area contributed by atoms with Gasteiger partial charge in [0, 0.05) is 6.92 Å². The van der Waals surface area contributed by atoms with E-state index in [1.165, 1.54) is 4.68 Å². The summed E-state index contributed by atoms with van der Waals surface area (Å²) in [4.78, 5) is 16.6. The highest BCUT2D eigenvalue weighted by atomic mass is 16.5. The molecule has 0 spiro atoms. The van der Waals surface area contributed by atoms with Gasteiger partial charge in [0.05, 0.1) is 0 Å². The second-order valence-corrected chi connectivity index (χ2v) is 5.27. The molecule has 2 atom stereocenters. The molecule has 3 heterocycles. The van der Waals surface area contributed by atoms with E-state index >= 15 is 0 Å². The lowest BCUT2D eigenvalue weighted by Crippen LogP contribution is -2.42. The van der Waals surface area contributed by atoms with Gasteiger partial charge >= 0.3 is 6.02 Å². The number of tetrazole rings is 1. The van der Waals surface area contributed by atoms with Gasteiger partial charge in [-0.2, -0.15) is 4.99 Å². The van der Waals surface area contributed by atoms with Crippen molar-refractivity contribution in [2.24, 2.45) is 10.1 Å². The Labute approximate surface area is 131 Å². The summed E-state index contributed by atoms with van der Waals surface area (Å²) in [6, 6.07) is 8.61. The summed E-state index contributed by atoms with van der Waals surface area (Å²) in [5.74, 6) is 0.598. The fourth-order valence-electron chi connectivity index (χ4n) is 2.79. The number of aryl methyl sites for hydroxylation is 1. The lowest BCUT2D eigenvalue weighted by molar-refractivity contribution is -0.124. The highest BCUT2D eigenvalue weighted by Crippen LogP contribution is 2.38. The van der Waals surface area contributed by atoms with E-state index in [-0.39, 0.29) is 11.9 Å². The number of benzene rings is 1. The van der Waals surface area contributed by atoms with Crippen LogP contribution in [0.3, 0.4) is 0 Å². The summed E-state index contributed by atoms with van der Waals surface area (Å²) < 4.78 is 6.90. The van der Waals surface area contributed by atoms with E-state index in [4.69, 9.17) is 4.74 Å². The topological polar surface area (TPSA) is 97.9 Å². The maximum atomic E-state index is 12.6. The van der Waals surface area contributed by atoms with Gasteiger partial charge in [-0.05, 0) is 22.9 Å². The van der Waals surface area contributed by atoms with E-state index in [1.807, 2.05) is 30.3 Å². The molecule has 1 aromatic heterocycles. The quantitative estimate of drug-likeness (QED) is 0.814. The number of rotatable bonds is 2. The van der Waals surface area contributed by atoms with Crippen LogP contribution < -0.4 is 0 Å². The van der Waals surface area contributed by atoms with Crippen molar-refractivity contribution >= 4 is 17.8 Å². The van der Waals surface area contributed by atoms with E-state index in [1.54, 1.807) is 18.9 Å². The van der Waals surface area contributed by atoms with Crippen LogP contribution in [0, 0.1) is 6.92 Å². The van der Waals surface area contributed by atoms with Gasteiger partial charge < -0.3 is 4.74 Å². The molecule has 0 fully saturated rings. The summed E-state index contributed by atoms with van der Waals surface area (Å²) >= 11 is 0. The minimum atomic E-state index is -0.714.